The second kappa shape index (κ2) is 4.23. The molecule has 0 radical (unpaired) electrons. The maximum atomic E-state index is 13.5. The predicted octanol–water partition coefficient (Wildman–Crippen LogP) is 3.41. The first-order valence-corrected chi connectivity index (χ1v) is 5.33. The highest BCUT2D eigenvalue weighted by molar-refractivity contribution is 8.00. The molecule has 1 rings (SSSR count). The highest BCUT2D eigenvalue weighted by Gasteiger charge is 2.16. The minimum Gasteiger partial charge on any atom is -0.478 e. The molecule has 1 aromatic carbocycles. The molecule has 82 valence electrons. The van der Waals surface area contributed by atoms with E-state index >= 15 is 0 Å². The van der Waals surface area contributed by atoms with Gasteiger partial charge >= 0.3 is 5.97 Å². The number of halogens is 1. The zero-order chi connectivity index (χ0) is 11.6. The molecule has 1 N–H and O–H groups in total. The van der Waals surface area contributed by atoms with Gasteiger partial charge in [0.25, 0.3) is 0 Å². The Morgan fingerprint density at radius 1 is 1.40 bits per heavy atom. The summed E-state index contributed by atoms with van der Waals surface area (Å²) in [7, 11) is 0. The summed E-state index contributed by atoms with van der Waals surface area (Å²) in [5.41, 5.74) is -0.0224. The van der Waals surface area contributed by atoms with Crippen LogP contribution in [0.25, 0.3) is 0 Å². The zero-order valence-electron chi connectivity index (χ0n) is 8.87. The summed E-state index contributed by atoms with van der Waals surface area (Å²) in [6.07, 6.45) is 0. The maximum Gasteiger partial charge on any atom is 0.335 e. The van der Waals surface area contributed by atoms with Gasteiger partial charge in [-0.1, -0.05) is 20.8 Å². The van der Waals surface area contributed by atoms with E-state index in [9.17, 15) is 9.18 Å². The molecule has 0 atom stereocenters. The number of carboxylic acid groups (broad SMARTS) is 1. The minimum absolute atomic E-state index is 0.0224. The molecule has 0 spiro atoms. The lowest BCUT2D eigenvalue weighted by molar-refractivity contribution is 0.0696. The van der Waals surface area contributed by atoms with Crippen LogP contribution in [0.3, 0.4) is 0 Å². The highest BCUT2D eigenvalue weighted by Crippen LogP contribution is 2.33. The van der Waals surface area contributed by atoms with Crippen LogP contribution in [0, 0.1) is 5.82 Å². The molecule has 0 aliphatic heterocycles. The monoisotopic (exact) mass is 228 g/mol. The van der Waals surface area contributed by atoms with E-state index in [1.165, 1.54) is 23.9 Å². The van der Waals surface area contributed by atoms with Gasteiger partial charge in [-0.3, -0.25) is 0 Å². The van der Waals surface area contributed by atoms with Gasteiger partial charge in [0.1, 0.15) is 5.82 Å². The van der Waals surface area contributed by atoms with Crippen LogP contribution in [0.1, 0.15) is 31.1 Å². The third kappa shape index (κ3) is 3.55. The summed E-state index contributed by atoms with van der Waals surface area (Å²) in [4.78, 5) is 11.1. The van der Waals surface area contributed by atoms with Gasteiger partial charge < -0.3 is 5.11 Å². The molecular weight excluding hydrogens is 215 g/mol. The minimum atomic E-state index is -1.11. The molecule has 0 bridgehead atoms. The van der Waals surface area contributed by atoms with Crippen LogP contribution in [-0.4, -0.2) is 15.8 Å². The molecule has 4 heteroatoms. The fourth-order valence-corrected chi connectivity index (χ4v) is 2.00. The van der Waals surface area contributed by atoms with Crippen LogP contribution < -0.4 is 0 Å². The highest BCUT2D eigenvalue weighted by atomic mass is 32.2. The van der Waals surface area contributed by atoms with E-state index in [1.54, 1.807) is 0 Å². The van der Waals surface area contributed by atoms with Crippen LogP contribution in [0.4, 0.5) is 4.39 Å². The van der Waals surface area contributed by atoms with Crippen molar-refractivity contribution in [1.29, 1.82) is 0 Å². The Morgan fingerprint density at radius 3 is 2.40 bits per heavy atom. The number of benzene rings is 1. The summed E-state index contributed by atoms with van der Waals surface area (Å²) >= 11 is 1.38. The molecule has 0 aromatic heterocycles. The standard InChI is InChI=1S/C11H13FO2S/c1-11(2,3)15-9-5-4-7(10(13)14)6-8(9)12/h4-6H,1-3H3,(H,13,14). The Bertz CT molecular complexity index is 383. The largest absolute Gasteiger partial charge is 0.478 e. The molecule has 0 fully saturated rings. The summed E-state index contributed by atoms with van der Waals surface area (Å²) in [6.45, 7) is 5.92. The fourth-order valence-electron chi connectivity index (χ4n) is 1.05. The normalized spacial score (nSPS) is 11.5. The zero-order valence-corrected chi connectivity index (χ0v) is 9.69. The van der Waals surface area contributed by atoms with Crippen LogP contribution in [0.2, 0.25) is 0 Å². The molecule has 2 nitrogen and oxygen atoms in total. The van der Waals surface area contributed by atoms with Gasteiger partial charge in [0.15, 0.2) is 0 Å². The molecule has 0 saturated carbocycles. The van der Waals surface area contributed by atoms with Crippen molar-refractivity contribution in [3.63, 3.8) is 0 Å². The van der Waals surface area contributed by atoms with Crippen molar-refractivity contribution in [1.82, 2.24) is 0 Å². The molecular formula is C11H13FO2S. The third-order valence-electron chi connectivity index (χ3n) is 1.59. The number of thioether (sulfide) groups is 1. The van der Waals surface area contributed by atoms with E-state index in [-0.39, 0.29) is 10.3 Å². The summed E-state index contributed by atoms with van der Waals surface area (Å²) < 4.78 is 13.4. The Morgan fingerprint density at radius 2 is 2.00 bits per heavy atom. The number of carbonyl (C=O) groups is 1. The van der Waals surface area contributed by atoms with Gasteiger partial charge in [-0.25, -0.2) is 9.18 Å². The fraction of sp³-hybridized carbons (Fsp3) is 0.364. The Hall–Kier alpha value is -1.03. The Balaban J connectivity index is 2.99. The first kappa shape index (κ1) is 12.0. The van der Waals surface area contributed by atoms with E-state index in [4.69, 9.17) is 5.11 Å². The molecule has 15 heavy (non-hydrogen) atoms. The lowest BCUT2D eigenvalue weighted by Crippen LogP contribution is -2.07. The molecule has 0 aliphatic carbocycles. The van der Waals surface area contributed by atoms with Crippen LogP contribution in [-0.2, 0) is 0 Å². The van der Waals surface area contributed by atoms with Crippen molar-refractivity contribution >= 4 is 17.7 Å². The van der Waals surface area contributed by atoms with Crippen molar-refractivity contribution in [2.75, 3.05) is 0 Å². The number of rotatable bonds is 2. The molecule has 0 saturated heterocycles. The first-order chi connectivity index (χ1) is 6.79. The first-order valence-electron chi connectivity index (χ1n) is 4.51. The summed E-state index contributed by atoms with van der Waals surface area (Å²) in [5, 5.41) is 8.66. The van der Waals surface area contributed by atoms with Gasteiger partial charge in [0.2, 0.25) is 0 Å². The van der Waals surface area contributed by atoms with Gasteiger partial charge in [-0.15, -0.1) is 11.8 Å². The van der Waals surface area contributed by atoms with Gasteiger partial charge in [-0.05, 0) is 18.2 Å². The molecule has 0 amide bonds. The topological polar surface area (TPSA) is 37.3 Å². The SMILES string of the molecule is CC(C)(C)Sc1ccc(C(=O)O)cc1F. The predicted molar refractivity (Wildman–Crippen MR) is 59.0 cm³/mol. The second-order valence-corrected chi connectivity index (χ2v) is 6.03. The molecule has 0 heterocycles. The van der Waals surface area contributed by atoms with Crippen molar-refractivity contribution in [2.24, 2.45) is 0 Å². The average molecular weight is 228 g/mol. The van der Waals surface area contributed by atoms with Crippen LogP contribution >= 0.6 is 11.8 Å². The molecule has 0 unspecified atom stereocenters. The van der Waals surface area contributed by atoms with Crippen molar-refractivity contribution in [2.45, 2.75) is 30.4 Å². The average Bonchev–Trinajstić information content (AvgIpc) is 2.05. The quantitative estimate of drug-likeness (QED) is 0.788. The second-order valence-electron chi connectivity index (χ2n) is 4.16. The van der Waals surface area contributed by atoms with E-state index in [0.29, 0.717) is 4.90 Å². The Kier molecular flexibility index (Phi) is 3.39. The summed E-state index contributed by atoms with van der Waals surface area (Å²) in [5.74, 6) is -1.59. The number of hydrogen-bond donors (Lipinski definition) is 1. The summed E-state index contributed by atoms with van der Waals surface area (Å²) in [6, 6.07) is 3.98. The smallest absolute Gasteiger partial charge is 0.335 e. The Labute approximate surface area is 92.5 Å². The van der Waals surface area contributed by atoms with Crippen LogP contribution in [0.5, 0.6) is 0 Å². The molecule has 0 aliphatic rings. The van der Waals surface area contributed by atoms with E-state index in [0.717, 1.165) is 6.07 Å². The number of aromatic carboxylic acids is 1. The number of hydrogen-bond acceptors (Lipinski definition) is 2. The van der Waals surface area contributed by atoms with E-state index in [1.807, 2.05) is 20.8 Å². The van der Waals surface area contributed by atoms with E-state index in [2.05, 4.69) is 0 Å². The van der Waals surface area contributed by atoms with Gasteiger partial charge in [-0.2, -0.15) is 0 Å². The lowest BCUT2D eigenvalue weighted by atomic mass is 10.2. The lowest BCUT2D eigenvalue weighted by Gasteiger charge is -2.17. The molecule has 1 aromatic rings. The van der Waals surface area contributed by atoms with Gasteiger partial charge in [0.05, 0.1) is 5.56 Å². The number of carboxylic acids is 1. The maximum absolute atomic E-state index is 13.5. The van der Waals surface area contributed by atoms with Crippen molar-refractivity contribution in [3.8, 4) is 0 Å². The third-order valence-corrected chi connectivity index (χ3v) is 2.76. The van der Waals surface area contributed by atoms with Gasteiger partial charge in [0, 0.05) is 9.64 Å². The van der Waals surface area contributed by atoms with E-state index < -0.39 is 11.8 Å². The van der Waals surface area contributed by atoms with Crippen molar-refractivity contribution in [3.05, 3.63) is 29.6 Å². The van der Waals surface area contributed by atoms with Crippen molar-refractivity contribution < 1.29 is 14.3 Å². The van der Waals surface area contributed by atoms with Crippen LogP contribution in [0.15, 0.2) is 23.1 Å².